The maximum atomic E-state index is 4.92. The second kappa shape index (κ2) is 5.15. The molecule has 0 aromatic carbocycles. The van der Waals surface area contributed by atoms with E-state index in [4.69, 9.17) is 4.98 Å². The Morgan fingerprint density at radius 3 is 2.76 bits per heavy atom. The molecule has 4 heterocycles. The van der Waals surface area contributed by atoms with Gasteiger partial charge in [-0.3, -0.25) is 4.40 Å². The third-order valence-corrected chi connectivity index (χ3v) is 5.23. The predicted molar refractivity (Wildman–Crippen MR) is 98.8 cm³/mol. The Bertz CT molecular complexity index is 1110. The van der Waals surface area contributed by atoms with Crippen LogP contribution in [0.15, 0.2) is 30.7 Å². The lowest BCUT2D eigenvalue weighted by Crippen LogP contribution is -2.05. The van der Waals surface area contributed by atoms with Crippen LogP contribution >= 0.6 is 0 Å². The monoisotopic (exact) mass is 331 g/mol. The van der Waals surface area contributed by atoms with E-state index in [2.05, 4.69) is 51.1 Å². The molecule has 1 aliphatic rings. The quantitative estimate of drug-likeness (QED) is 0.569. The SMILES string of the molecule is CCc1cc(C2CC2)c2nccn2c1-c1nc2cc(C)cnc2n1C. The van der Waals surface area contributed by atoms with Crippen LogP contribution in [0.2, 0.25) is 0 Å². The number of aromatic nitrogens is 5. The van der Waals surface area contributed by atoms with Crippen molar-refractivity contribution in [2.45, 2.75) is 39.0 Å². The molecule has 0 radical (unpaired) electrons. The molecule has 126 valence electrons. The Hall–Kier alpha value is -2.69. The van der Waals surface area contributed by atoms with E-state index < -0.39 is 0 Å². The zero-order valence-corrected chi connectivity index (χ0v) is 14.8. The third-order valence-electron chi connectivity index (χ3n) is 5.23. The molecular formula is C20H21N5. The van der Waals surface area contributed by atoms with Crippen molar-refractivity contribution in [3.05, 3.63) is 47.4 Å². The molecule has 1 fully saturated rings. The number of imidazole rings is 2. The summed E-state index contributed by atoms with van der Waals surface area (Å²) >= 11 is 0. The van der Waals surface area contributed by atoms with Crippen LogP contribution in [-0.4, -0.2) is 23.9 Å². The first-order chi connectivity index (χ1) is 12.2. The molecule has 0 bridgehead atoms. The zero-order valence-electron chi connectivity index (χ0n) is 14.8. The van der Waals surface area contributed by atoms with Gasteiger partial charge in [-0.1, -0.05) is 6.92 Å². The lowest BCUT2D eigenvalue weighted by Gasteiger charge is -2.14. The van der Waals surface area contributed by atoms with Crippen LogP contribution in [0, 0.1) is 6.92 Å². The van der Waals surface area contributed by atoms with Crippen LogP contribution < -0.4 is 0 Å². The van der Waals surface area contributed by atoms with Crippen molar-refractivity contribution in [3.63, 3.8) is 0 Å². The van der Waals surface area contributed by atoms with Crippen LogP contribution in [0.4, 0.5) is 0 Å². The minimum atomic E-state index is 0.675. The third kappa shape index (κ3) is 2.11. The maximum Gasteiger partial charge on any atom is 0.160 e. The van der Waals surface area contributed by atoms with E-state index >= 15 is 0 Å². The average molecular weight is 331 g/mol. The fourth-order valence-electron chi connectivity index (χ4n) is 3.78. The molecule has 0 N–H and O–H groups in total. The largest absolute Gasteiger partial charge is 0.311 e. The standard InChI is InChI=1S/C20H21N5/c1-4-13-10-15(14-5-6-14)18-21-7-8-25(18)17(13)20-23-16-9-12(2)11-22-19(16)24(20)3/h7-11,14H,4-6H2,1-3H3. The van der Waals surface area contributed by atoms with E-state index in [1.54, 1.807) is 0 Å². The molecule has 5 rings (SSSR count). The van der Waals surface area contributed by atoms with Crippen molar-refractivity contribution in [3.8, 4) is 11.5 Å². The highest BCUT2D eigenvalue weighted by atomic mass is 15.1. The number of aryl methyl sites for hydroxylation is 3. The van der Waals surface area contributed by atoms with Gasteiger partial charge in [0.05, 0.1) is 5.69 Å². The number of rotatable bonds is 3. The second-order valence-corrected chi connectivity index (χ2v) is 7.07. The fourth-order valence-corrected chi connectivity index (χ4v) is 3.78. The molecular weight excluding hydrogens is 310 g/mol. The zero-order chi connectivity index (χ0) is 17.1. The summed E-state index contributed by atoms with van der Waals surface area (Å²) in [5.41, 5.74) is 7.91. The lowest BCUT2D eigenvalue weighted by molar-refractivity contribution is 0.914. The number of hydrogen-bond acceptors (Lipinski definition) is 3. The summed E-state index contributed by atoms with van der Waals surface area (Å²) in [6.07, 6.45) is 9.39. The van der Waals surface area contributed by atoms with Crippen LogP contribution in [0.1, 0.15) is 42.4 Å². The molecule has 1 saturated carbocycles. The van der Waals surface area contributed by atoms with Gasteiger partial charge in [0.25, 0.3) is 0 Å². The summed E-state index contributed by atoms with van der Waals surface area (Å²) in [7, 11) is 2.05. The smallest absolute Gasteiger partial charge is 0.160 e. The van der Waals surface area contributed by atoms with Crippen LogP contribution in [0.3, 0.4) is 0 Å². The van der Waals surface area contributed by atoms with Crippen molar-refractivity contribution in [1.29, 1.82) is 0 Å². The first-order valence-corrected chi connectivity index (χ1v) is 8.95. The van der Waals surface area contributed by atoms with Gasteiger partial charge in [0.1, 0.15) is 11.2 Å². The van der Waals surface area contributed by atoms with E-state index in [0.717, 1.165) is 40.3 Å². The predicted octanol–water partition coefficient (Wildman–Crippen LogP) is 4.03. The van der Waals surface area contributed by atoms with Gasteiger partial charge in [0, 0.05) is 25.6 Å². The minimum Gasteiger partial charge on any atom is -0.311 e. The highest BCUT2D eigenvalue weighted by molar-refractivity contribution is 5.78. The van der Waals surface area contributed by atoms with Gasteiger partial charge in [0.2, 0.25) is 0 Å². The molecule has 0 unspecified atom stereocenters. The lowest BCUT2D eigenvalue weighted by atomic mass is 10.0. The molecule has 0 aliphatic heterocycles. The number of hydrogen-bond donors (Lipinski definition) is 0. The molecule has 0 amide bonds. The number of nitrogens with zero attached hydrogens (tertiary/aromatic N) is 5. The highest BCUT2D eigenvalue weighted by Crippen LogP contribution is 2.43. The van der Waals surface area contributed by atoms with E-state index in [0.29, 0.717) is 5.92 Å². The first kappa shape index (κ1) is 14.6. The van der Waals surface area contributed by atoms with Crippen molar-refractivity contribution in [1.82, 2.24) is 23.9 Å². The van der Waals surface area contributed by atoms with Gasteiger partial charge in [-0.2, -0.15) is 0 Å². The Morgan fingerprint density at radius 1 is 1.16 bits per heavy atom. The van der Waals surface area contributed by atoms with Crippen molar-refractivity contribution >= 4 is 16.8 Å². The Balaban J connectivity index is 1.85. The second-order valence-electron chi connectivity index (χ2n) is 7.07. The first-order valence-electron chi connectivity index (χ1n) is 8.95. The molecule has 4 aromatic heterocycles. The van der Waals surface area contributed by atoms with Gasteiger partial charge in [-0.25, -0.2) is 15.0 Å². The van der Waals surface area contributed by atoms with E-state index in [-0.39, 0.29) is 0 Å². The Labute approximate surface area is 146 Å². The Morgan fingerprint density at radius 2 is 2.00 bits per heavy atom. The number of fused-ring (bicyclic) bond motifs is 2. The molecule has 5 nitrogen and oxygen atoms in total. The molecule has 1 aliphatic carbocycles. The van der Waals surface area contributed by atoms with Gasteiger partial charge >= 0.3 is 0 Å². The van der Waals surface area contributed by atoms with Crippen LogP contribution in [0.25, 0.3) is 28.3 Å². The van der Waals surface area contributed by atoms with E-state index in [1.807, 2.05) is 19.4 Å². The highest BCUT2D eigenvalue weighted by Gasteiger charge is 2.29. The summed E-state index contributed by atoms with van der Waals surface area (Å²) in [5.74, 6) is 1.63. The average Bonchev–Trinajstić information content (AvgIpc) is 3.25. The van der Waals surface area contributed by atoms with Crippen LogP contribution in [0.5, 0.6) is 0 Å². The molecule has 0 atom stereocenters. The van der Waals surface area contributed by atoms with Crippen molar-refractivity contribution in [2.75, 3.05) is 0 Å². The van der Waals surface area contributed by atoms with Gasteiger partial charge in [-0.05, 0) is 60.9 Å². The normalized spacial score (nSPS) is 14.7. The molecule has 5 heteroatoms. The Kier molecular flexibility index (Phi) is 3.02. The molecule has 25 heavy (non-hydrogen) atoms. The molecule has 4 aromatic rings. The van der Waals surface area contributed by atoms with Gasteiger partial charge in [-0.15, -0.1) is 0 Å². The van der Waals surface area contributed by atoms with E-state index in [1.165, 1.54) is 24.0 Å². The van der Waals surface area contributed by atoms with E-state index in [9.17, 15) is 0 Å². The summed E-state index contributed by atoms with van der Waals surface area (Å²) in [6, 6.07) is 4.45. The summed E-state index contributed by atoms with van der Waals surface area (Å²) in [5, 5.41) is 0. The van der Waals surface area contributed by atoms with Crippen molar-refractivity contribution < 1.29 is 0 Å². The maximum absolute atomic E-state index is 4.92. The molecule has 0 spiro atoms. The summed E-state index contributed by atoms with van der Waals surface area (Å²) in [4.78, 5) is 14.2. The minimum absolute atomic E-state index is 0.675. The van der Waals surface area contributed by atoms with Crippen molar-refractivity contribution in [2.24, 2.45) is 7.05 Å². The van der Waals surface area contributed by atoms with Crippen LogP contribution in [-0.2, 0) is 13.5 Å². The van der Waals surface area contributed by atoms with Gasteiger partial charge in [0.15, 0.2) is 11.5 Å². The fraction of sp³-hybridized carbons (Fsp3) is 0.350. The van der Waals surface area contributed by atoms with Gasteiger partial charge < -0.3 is 4.57 Å². The topological polar surface area (TPSA) is 48.0 Å². The summed E-state index contributed by atoms with van der Waals surface area (Å²) in [6.45, 7) is 4.26. The molecule has 0 saturated heterocycles. The summed E-state index contributed by atoms with van der Waals surface area (Å²) < 4.78 is 4.32. The number of pyridine rings is 2.